The molecule has 0 atom stereocenters. The zero-order chi connectivity index (χ0) is 13.1. The Bertz CT molecular complexity index is 422. The first-order valence-electron chi connectivity index (χ1n) is 6.09. The van der Waals surface area contributed by atoms with Gasteiger partial charge in [-0.15, -0.1) is 0 Å². The maximum Gasteiger partial charge on any atom is 0.256 e. The minimum absolute atomic E-state index is 0.0682. The van der Waals surface area contributed by atoms with Crippen LogP contribution in [0.1, 0.15) is 17.3 Å². The summed E-state index contributed by atoms with van der Waals surface area (Å²) in [6.07, 6.45) is 0. The van der Waals surface area contributed by atoms with Crippen molar-refractivity contribution in [2.45, 2.75) is 6.92 Å². The molecule has 1 heterocycles. The molecule has 1 aromatic rings. The first kappa shape index (κ1) is 13.7. The van der Waals surface area contributed by atoms with Crippen molar-refractivity contribution >= 4 is 29.1 Å². The average molecular weight is 287 g/mol. The molecule has 98 valence electrons. The molecule has 2 rings (SSSR count). The number of nitrogens with zero attached hydrogens (tertiary/aromatic N) is 2. The molecule has 1 amide bonds. The number of amides is 1. The van der Waals surface area contributed by atoms with Crippen LogP contribution in [-0.4, -0.2) is 48.4 Å². The van der Waals surface area contributed by atoms with Gasteiger partial charge in [0.05, 0.1) is 15.6 Å². The monoisotopic (exact) mass is 286 g/mol. The fraction of sp³-hybridized carbons (Fsp3) is 0.462. The van der Waals surface area contributed by atoms with Crippen molar-refractivity contribution in [1.29, 1.82) is 0 Å². The molecule has 0 unspecified atom stereocenters. The summed E-state index contributed by atoms with van der Waals surface area (Å²) in [5.41, 5.74) is 0.422. The summed E-state index contributed by atoms with van der Waals surface area (Å²) in [6, 6.07) is 5.14. The minimum atomic E-state index is -0.0682. The maximum atomic E-state index is 12.4. The third-order valence-electron chi connectivity index (χ3n) is 3.28. The quantitative estimate of drug-likeness (QED) is 0.835. The number of likely N-dealkylation sites (N-methyl/N-ethyl adjacent to an activating group) is 1. The molecule has 0 N–H and O–H groups in total. The van der Waals surface area contributed by atoms with Gasteiger partial charge in [-0.25, -0.2) is 0 Å². The smallest absolute Gasteiger partial charge is 0.256 e. The molecule has 0 bridgehead atoms. The summed E-state index contributed by atoms with van der Waals surface area (Å²) in [5.74, 6) is -0.0682. The van der Waals surface area contributed by atoms with E-state index in [-0.39, 0.29) is 5.91 Å². The van der Waals surface area contributed by atoms with Gasteiger partial charge in [-0.3, -0.25) is 4.79 Å². The molecule has 3 nitrogen and oxygen atoms in total. The maximum absolute atomic E-state index is 12.4. The van der Waals surface area contributed by atoms with Crippen molar-refractivity contribution in [3.05, 3.63) is 33.8 Å². The van der Waals surface area contributed by atoms with Crippen LogP contribution in [0.25, 0.3) is 0 Å². The molecule has 1 aliphatic heterocycles. The Balaban J connectivity index is 2.13. The Labute approximate surface area is 117 Å². The van der Waals surface area contributed by atoms with Gasteiger partial charge in [-0.05, 0) is 18.7 Å². The fourth-order valence-corrected chi connectivity index (χ4v) is 2.69. The van der Waals surface area contributed by atoms with Crippen molar-refractivity contribution in [3.8, 4) is 0 Å². The molecule has 0 aliphatic carbocycles. The molecule has 1 saturated heterocycles. The predicted molar refractivity (Wildman–Crippen MR) is 74.5 cm³/mol. The summed E-state index contributed by atoms with van der Waals surface area (Å²) in [6.45, 7) is 6.42. The highest BCUT2D eigenvalue weighted by molar-refractivity contribution is 6.39. The summed E-state index contributed by atoms with van der Waals surface area (Å²) in [4.78, 5) is 16.5. The average Bonchev–Trinajstić information content (AvgIpc) is 2.38. The number of piperazine rings is 1. The van der Waals surface area contributed by atoms with Crippen molar-refractivity contribution in [2.75, 3.05) is 32.7 Å². The number of carbonyl (C=O) groups excluding carboxylic acids is 1. The van der Waals surface area contributed by atoms with Gasteiger partial charge in [-0.1, -0.05) is 36.2 Å². The zero-order valence-corrected chi connectivity index (χ0v) is 11.8. The van der Waals surface area contributed by atoms with Gasteiger partial charge in [0.25, 0.3) is 5.91 Å². The molecule has 1 fully saturated rings. The first-order valence-corrected chi connectivity index (χ1v) is 6.84. The number of carbonyl (C=O) groups is 1. The standard InChI is InChI=1S/C13H16Cl2N2O/c1-2-16-6-8-17(9-7-16)13(18)12-10(14)4-3-5-11(12)15/h3-5H,2,6-9H2,1H3. The van der Waals surface area contributed by atoms with E-state index in [9.17, 15) is 4.79 Å². The highest BCUT2D eigenvalue weighted by Gasteiger charge is 2.24. The molecule has 0 spiro atoms. The molecular formula is C13H16Cl2N2O. The van der Waals surface area contributed by atoms with Gasteiger partial charge in [0.1, 0.15) is 0 Å². The van der Waals surface area contributed by atoms with Crippen LogP contribution in [0.4, 0.5) is 0 Å². The molecule has 1 aromatic carbocycles. The van der Waals surface area contributed by atoms with Gasteiger partial charge in [-0.2, -0.15) is 0 Å². The molecule has 1 aliphatic rings. The lowest BCUT2D eigenvalue weighted by Gasteiger charge is -2.34. The number of hydrogen-bond acceptors (Lipinski definition) is 2. The van der Waals surface area contributed by atoms with Crippen molar-refractivity contribution in [2.24, 2.45) is 0 Å². The molecule has 18 heavy (non-hydrogen) atoms. The number of benzene rings is 1. The van der Waals surface area contributed by atoms with Crippen LogP contribution in [0.5, 0.6) is 0 Å². The van der Waals surface area contributed by atoms with Crippen LogP contribution in [-0.2, 0) is 0 Å². The topological polar surface area (TPSA) is 23.6 Å². The molecule has 0 saturated carbocycles. The van der Waals surface area contributed by atoms with Crippen molar-refractivity contribution in [3.63, 3.8) is 0 Å². The van der Waals surface area contributed by atoms with Crippen LogP contribution >= 0.6 is 23.2 Å². The van der Waals surface area contributed by atoms with E-state index in [0.717, 1.165) is 32.7 Å². The SMILES string of the molecule is CCN1CCN(C(=O)c2c(Cl)cccc2Cl)CC1. The van der Waals surface area contributed by atoms with Crippen LogP contribution in [0.2, 0.25) is 10.0 Å². The van der Waals surface area contributed by atoms with Gasteiger partial charge < -0.3 is 9.80 Å². The van der Waals surface area contributed by atoms with E-state index in [1.807, 2.05) is 4.90 Å². The Morgan fingerprint density at radius 1 is 1.17 bits per heavy atom. The van der Waals surface area contributed by atoms with E-state index in [4.69, 9.17) is 23.2 Å². The Kier molecular flexibility index (Phi) is 4.49. The van der Waals surface area contributed by atoms with Crippen molar-refractivity contribution in [1.82, 2.24) is 9.80 Å². The second-order valence-electron chi connectivity index (χ2n) is 4.32. The second kappa shape index (κ2) is 5.91. The summed E-state index contributed by atoms with van der Waals surface area (Å²) in [7, 11) is 0. The summed E-state index contributed by atoms with van der Waals surface area (Å²) >= 11 is 12.1. The second-order valence-corrected chi connectivity index (χ2v) is 5.14. The largest absolute Gasteiger partial charge is 0.336 e. The van der Waals surface area contributed by atoms with Crippen LogP contribution in [0.15, 0.2) is 18.2 Å². The third kappa shape index (κ3) is 2.79. The molecule has 0 aromatic heterocycles. The Hall–Kier alpha value is -0.770. The van der Waals surface area contributed by atoms with Gasteiger partial charge >= 0.3 is 0 Å². The molecular weight excluding hydrogens is 271 g/mol. The Morgan fingerprint density at radius 3 is 2.22 bits per heavy atom. The predicted octanol–water partition coefficient (Wildman–Crippen LogP) is 2.77. The zero-order valence-electron chi connectivity index (χ0n) is 10.3. The van der Waals surface area contributed by atoms with Gasteiger partial charge in [0, 0.05) is 26.2 Å². The highest BCUT2D eigenvalue weighted by atomic mass is 35.5. The lowest BCUT2D eigenvalue weighted by molar-refractivity contribution is 0.0644. The van der Waals surface area contributed by atoms with E-state index in [2.05, 4.69) is 11.8 Å². The van der Waals surface area contributed by atoms with E-state index in [1.165, 1.54) is 0 Å². The first-order chi connectivity index (χ1) is 8.63. The van der Waals surface area contributed by atoms with Crippen LogP contribution < -0.4 is 0 Å². The van der Waals surface area contributed by atoms with Gasteiger partial charge in [0.15, 0.2) is 0 Å². The molecule has 0 radical (unpaired) electrons. The lowest BCUT2D eigenvalue weighted by atomic mass is 10.1. The van der Waals surface area contributed by atoms with Crippen LogP contribution in [0.3, 0.4) is 0 Å². The van der Waals surface area contributed by atoms with E-state index in [1.54, 1.807) is 18.2 Å². The van der Waals surface area contributed by atoms with Crippen LogP contribution in [0, 0.1) is 0 Å². The third-order valence-corrected chi connectivity index (χ3v) is 3.91. The fourth-order valence-electron chi connectivity index (χ4n) is 2.13. The summed E-state index contributed by atoms with van der Waals surface area (Å²) in [5, 5.41) is 0.843. The normalized spacial score (nSPS) is 16.9. The van der Waals surface area contributed by atoms with Gasteiger partial charge in [0.2, 0.25) is 0 Å². The van der Waals surface area contributed by atoms with Crippen molar-refractivity contribution < 1.29 is 4.79 Å². The Morgan fingerprint density at radius 2 is 1.72 bits per heavy atom. The highest BCUT2D eigenvalue weighted by Crippen LogP contribution is 2.26. The minimum Gasteiger partial charge on any atom is -0.336 e. The van der Waals surface area contributed by atoms with E-state index < -0.39 is 0 Å². The summed E-state index contributed by atoms with van der Waals surface area (Å²) < 4.78 is 0. The lowest BCUT2D eigenvalue weighted by Crippen LogP contribution is -2.48. The van der Waals surface area contributed by atoms with E-state index in [0.29, 0.717) is 15.6 Å². The number of rotatable bonds is 2. The van der Waals surface area contributed by atoms with E-state index >= 15 is 0 Å². The number of halogens is 2. The molecule has 5 heteroatoms. The number of hydrogen-bond donors (Lipinski definition) is 0.